The van der Waals surface area contributed by atoms with Crippen molar-refractivity contribution in [2.24, 2.45) is 0 Å². The predicted molar refractivity (Wildman–Crippen MR) is 66.9 cm³/mol. The minimum Gasteiger partial charge on any atom is -0.320 e. The lowest BCUT2D eigenvalue weighted by Gasteiger charge is -1.95. The summed E-state index contributed by atoms with van der Waals surface area (Å²) in [6.45, 7) is 6.77. The Morgan fingerprint density at radius 1 is 0.643 bits per heavy atom. The van der Waals surface area contributed by atoms with Crippen LogP contribution in [0.25, 0.3) is 0 Å². The van der Waals surface area contributed by atoms with Gasteiger partial charge in [-0.05, 0) is 40.0 Å². The van der Waals surface area contributed by atoms with E-state index in [1.165, 1.54) is 45.1 Å². The summed E-state index contributed by atoms with van der Waals surface area (Å²) in [7, 11) is 3.99. The molecule has 0 aliphatic heterocycles. The normalized spacial score (nSPS) is 9.43. The fourth-order valence-electron chi connectivity index (χ4n) is 1.08. The molecule has 0 aliphatic rings. The molecule has 2 nitrogen and oxygen atoms in total. The Balaban J connectivity index is 0. The van der Waals surface area contributed by atoms with Crippen LogP contribution in [0.1, 0.15) is 52.4 Å². The average molecular weight is 202 g/mol. The zero-order valence-corrected chi connectivity index (χ0v) is 10.7. The van der Waals surface area contributed by atoms with Gasteiger partial charge in [-0.25, -0.2) is 0 Å². The van der Waals surface area contributed by atoms with E-state index in [9.17, 15) is 0 Å². The molecular weight excluding hydrogens is 172 g/mol. The van der Waals surface area contributed by atoms with E-state index in [2.05, 4.69) is 24.5 Å². The monoisotopic (exact) mass is 202 g/mol. The summed E-state index contributed by atoms with van der Waals surface area (Å²) in [6, 6.07) is 0. The lowest BCUT2D eigenvalue weighted by molar-refractivity contribution is 0.634. The van der Waals surface area contributed by atoms with Crippen LogP contribution in [0, 0.1) is 0 Å². The van der Waals surface area contributed by atoms with Gasteiger partial charge < -0.3 is 10.6 Å². The van der Waals surface area contributed by atoms with Crippen LogP contribution in [0.2, 0.25) is 0 Å². The van der Waals surface area contributed by atoms with Crippen LogP contribution in [0.15, 0.2) is 0 Å². The maximum absolute atomic E-state index is 3.13. The van der Waals surface area contributed by atoms with Crippen LogP contribution in [0.4, 0.5) is 0 Å². The van der Waals surface area contributed by atoms with Crippen molar-refractivity contribution in [2.75, 3.05) is 27.2 Å². The lowest BCUT2D eigenvalue weighted by atomic mass is 10.2. The summed E-state index contributed by atoms with van der Waals surface area (Å²) >= 11 is 0. The zero-order valence-electron chi connectivity index (χ0n) is 10.7. The molecule has 0 fully saturated rings. The third kappa shape index (κ3) is 22.7. The first-order chi connectivity index (χ1) is 6.83. The summed E-state index contributed by atoms with van der Waals surface area (Å²) in [6.07, 6.45) is 8.05. The van der Waals surface area contributed by atoms with Crippen molar-refractivity contribution < 1.29 is 0 Å². The topological polar surface area (TPSA) is 24.1 Å². The third-order valence-electron chi connectivity index (χ3n) is 2.06. The molecule has 0 amide bonds. The largest absolute Gasteiger partial charge is 0.320 e. The van der Waals surface area contributed by atoms with E-state index in [1.54, 1.807) is 0 Å². The smallest absolute Gasteiger partial charge is 0.00519 e. The molecule has 2 N–H and O–H groups in total. The van der Waals surface area contributed by atoms with Crippen LogP contribution >= 0.6 is 0 Å². The molecule has 0 aliphatic carbocycles. The molecule has 0 radical (unpaired) electrons. The summed E-state index contributed by atoms with van der Waals surface area (Å²) in [5, 5.41) is 6.20. The Hall–Kier alpha value is -0.0800. The highest BCUT2D eigenvalue weighted by Gasteiger charge is 1.82. The van der Waals surface area contributed by atoms with Gasteiger partial charge in [0.15, 0.2) is 0 Å². The first-order valence-corrected chi connectivity index (χ1v) is 6.12. The van der Waals surface area contributed by atoms with Gasteiger partial charge in [-0.15, -0.1) is 0 Å². The summed E-state index contributed by atoms with van der Waals surface area (Å²) in [5.41, 5.74) is 0. The second kappa shape index (κ2) is 18.7. The standard InChI is InChI=1S/C7H17N.C5H13N/c1-3-4-5-6-7-8-2;1-3-4-5-6-2/h8H,3-7H2,1-2H3;6H,3-5H2,1-2H3. The molecule has 88 valence electrons. The van der Waals surface area contributed by atoms with E-state index in [0.717, 1.165) is 6.54 Å². The van der Waals surface area contributed by atoms with Gasteiger partial charge in [-0.1, -0.05) is 39.5 Å². The van der Waals surface area contributed by atoms with Gasteiger partial charge in [0, 0.05) is 0 Å². The van der Waals surface area contributed by atoms with E-state index >= 15 is 0 Å². The van der Waals surface area contributed by atoms with Crippen LogP contribution in [-0.4, -0.2) is 27.2 Å². The van der Waals surface area contributed by atoms with Crippen molar-refractivity contribution in [3.63, 3.8) is 0 Å². The van der Waals surface area contributed by atoms with Crippen LogP contribution < -0.4 is 10.6 Å². The fraction of sp³-hybridized carbons (Fsp3) is 1.00. The molecule has 0 aromatic rings. The molecule has 0 atom stereocenters. The first kappa shape index (κ1) is 16.4. The van der Waals surface area contributed by atoms with Gasteiger partial charge in [0.2, 0.25) is 0 Å². The van der Waals surface area contributed by atoms with Crippen molar-refractivity contribution in [2.45, 2.75) is 52.4 Å². The van der Waals surface area contributed by atoms with Gasteiger partial charge in [-0.2, -0.15) is 0 Å². The SMILES string of the molecule is CCCCCCNC.CCCCNC. The molecule has 0 rings (SSSR count). The summed E-state index contributed by atoms with van der Waals surface area (Å²) in [4.78, 5) is 0. The van der Waals surface area contributed by atoms with E-state index < -0.39 is 0 Å². The quantitative estimate of drug-likeness (QED) is 0.591. The zero-order chi connectivity index (χ0) is 11.1. The van der Waals surface area contributed by atoms with Crippen molar-refractivity contribution >= 4 is 0 Å². The Morgan fingerprint density at radius 2 is 1.14 bits per heavy atom. The van der Waals surface area contributed by atoms with Crippen LogP contribution in [-0.2, 0) is 0 Å². The highest BCUT2D eigenvalue weighted by atomic mass is 14.8. The number of unbranched alkanes of at least 4 members (excludes halogenated alkanes) is 4. The maximum atomic E-state index is 3.13. The number of hydrogen-bond donors (Lipinski definition) is 2. The molecule has 0 spiro atoms. The molecule has 14 heavy (non-hydrogen) atoms. The number of hydrogen-bond acceptors (Lipinski definition) is 2. The minimum atomic E-state index is 1.16. The molecule has 0 saturated heterocycles. The van der Waals surface area contributed by atoms with E-state index in [0.29, 0.717) is 0 Å². The Morgan fingerprint density at radius 3 is 1.50 bits per heavy atom. The molecule has 2 heteroatoms. The van der Waals surface area contributed by atoms with E-state index in [-0.39, 0.29) is 0 Å². The molecule has 0 aromatic carbocycles. The highest BCUT2D eigenvalue weighted by Crippen LogP contribution is 1.96. The fourth-order valence-corrected chi connectivity index (χ4v) is 1.08. The molecule has 0 saturated carbocycles. The van der Waals surface area contributed by atoms with E-state index in [1.807, 2.05) is 14.1 Å². The summed E-state index contributed by atoms with van der Waals surface area (Å²) < 4.78 is 0. The third-order valence-corrected chi connectivity index (χ3v) is 2.06. The van der Waals surface area contributed by atoms with Crippen molar-refractivity contribution in [3.8, 4) is 0 Å². The molecule has 0 heterocycles. The van der Waals surface area contributed by atoms with Crippen molar-refractivity contribution in [1.82, 2.24) is 10.6 Å². The highest BCUT2D eigenvalue weighted by molar-refractivity contribution is 4.41. The van der Waals surface area contributed by atoms with E-state index in [4.69, 9.17) is 0 Å². The van der Waals surface area contributed by atoms with Crippen LogP contribution in [0.5, 0.6) is 0 Å². The van der Waals surface area contributed by atoms with Crippen molar-refractivity contribution in [3.05, 3.63) is 0 Å². The Bertz CT molecular complexity index is 64.7. The lowest BCUT2D eigenvalue weighted by Crippen LogP contribution is -2.06. The minimum absolute atomic E-state index is 1.16. The Labute approximate surface area is 90.9 Å². The molecule has 0 aromatic heterocycles. The van der Waals surface area contributed by atoms with Crippen molar-refractivity contribution in [1.29, 1.82) is 0 Å². The maximum Gasteiger partial charge on any atom is -0.00519 e. The Kier molecular flexibility index (Phi) is 21.8. The van der Waals surface area contributed by atoms with Gasteiger partial charge in [0.1, 0.15) is 0 Å². The number of nitrogens with one attached hydrogen (secondary N) is 2. The van der Waals surface area contributed by atoms with Gasteiger partial charge >= 0.3 is 0 Å². The van der Waals surface area contributed by atoms with Gasteiger partial charge in [0.05, 0.1) is 0 Å². The number of rotatable bonds is 8. The second-order valence-corrected chi connectivity index (χ2v) is 3.62. The van der Waals surface area contributed by atoms with Crippen LogP contribution in [0.3, 0.4) is 0 Å². The predicted octanol–water partition coefficient (Wildman–Crippen LogP) is 2.79. The molecule has 0 bridgehead atoms. The van der Waals surface area contributed by atoms with Gasteiger partial charge in [-0.3, -0.25) is 0 Å². The second-order valence-electron chi connectivity index (χ2n) is 3.62. The average Bonchev–Trinajstić information content (AvgIpc) is 2.22. The molecular formula is C12H30N2. The summed E-state index contributed by atoms with van der Waals surface area (Å²) in [5.74, 6) is 0. The first-order valence-electron chi connectivity index (χ1n) is 6.12. The van der Waals surface area contributed by atoms with Gasteiger partial charge in [0.25, 0.3) is 0 Å². The molecule has 0 unspecified atom stereocenters.